The molecular weight excluding hydrogens is 505 g/mol. The lowest BCUT2D eigenvalue weighted by atomic mass is 9.99. The maximum atomic E-state index is 14.1. The molecule has 0 unspecified atom stereocenters. The van der Waals surface area contributed by atoms with Crippen LogP contribution in [0.2, 0.25) is 0 Å². The van der Waals surface area contributed by atoms with Gasteiger partial charge in [0.15, 0.2) is 11.8 Å². The van der Waals surface area contributed by atoms with Crippen molar-refractivity contribution in [2.24, 2.45) is 12.0 Å². The van der Waals surface area contributed by atoms with E-state index in [1.165, 1.54) is 6.07 Å². The van der Waals surface area contributed by atoms with Crippen molar-refractivity contribution in [1.29, 1.82) is 0 Å². The van der Waals surface area contributed by atoms with E-state index in [0.29, 0.717) is 62.9 Å². The minimum absolute atomic E-state index is 0. The number of aromatic nitrogens is 3. The highest BCUT2D eigenvalue weighted by Crippen LogP contribution is 2.23. The molecule has 0 saturated heterocycles. The third kappa shape index (κ3) is 6.10. The van der Waals surface area contributed by atoms with Crippen LogP contribution in [0.3, 0.4) is 0 Å². The number of hydrogen-bond donors (Lipinski definition) is 1. The molecule has 0 atom stereocenters. The third-order valence-corrected chi connectivity index (χ3v) is 5.05. The van der Waals surface area contributed by atoms with Gasteiger partial charge in [-0.15, -0.1) is 34.2 Å². The number of hydrogen-bond acceptors (Lipinski definition) is 4. The van der Waals surface area contributed by atoms with Gasteiger partial charge < -0.3 is 19.5 Å². The summed E-state index contributed by atoms with van der Waals surface area (Å²) in [4.78, 5) is 6.73. The minimum atomic E-state index is -0.555. The fourth-order valence-corrected chi connectivity index (χ4v) is 3.31. The monoisotopic (exact) mass is 534 g/mol. The van der Waals surface area contributed by atoms with Gasteiger partial charge in [0.25, 0.3) is 0 Å². The number of nitrogens with zero attached hydrogens (tertiary/aromatic N) is 5. The largest absolute Gasteiger partial charge is 0.382 e. The second-order valence-electron chi connectivity index (χ2n) is 7.04. The van der Waals surface area contributed by atoms with Crippen molar-refractivity contribution in [2.45, 2.75) is 39.8 Å². The molecule has 3 rings (SSSR count). The highest BCUT2D eigenvalue weighted by Gasteiger charge is 2.23. The molecule has 1 aliphatic heterocycles. The number of fused-ring (bicyclic) bond motifs is 1. The smallest absolute Gasteiger partial charge is 0.194 e. The van der Waals surface area contributed by atoms with E-state index < -0.39 is 11.6 Å². The lowest BCUT2D eigenvalue weighted by Gasteiger charge is -2.32. The Morgan fingerprint density at radius 2 is 2.10 bits per heavy atom. The van der Waals surface area contributed by atoms with Gasteiger partial charge in [-0.05, 0) is 43.9 Å². The van der Waals surface area contributed by atoms with Crippen LogP contribution in [-0.4, -0.2) is 51.9 Å². The first-order valence-corrected chi connectivity index (χ1v) is 9.92. The molecule has 0 aliphatic carbocycles. The van der Waals surface area contributed by atoms with Crippen LogP contribution in [0.4, 0.5) is 8.78 Å². The lowest BCUT2D eigenvalue weighted by molar-refractivity contribution is 0.145. The first-order chi connectivity index (χ1) is 14.0. The highest BCUT2D eigenvalue weighted by atomic mass is 127. The van der Waals surface area contributed by atoms with Gasteiger partial charge in [0.2, 0.25) is 0 Å². The molecule has 10 heteroatoms. The number of rotatable bonds is 7. The van der Waals surface area contributed by atoms with Crippen LogP contribution in [0.25, 0.3) is 0 Å². The summed E-state index contributed by atoms with van der Waals surface area (Å²) in [6.07, 6.45) is 1.34. The molecule has 0 amide bonds. The third-order valence-electron chi connectivity index (χ3n) is 5.05. The highest BCUT2D eigenvalue weighted by molar-refractivity contribution is 14.0. The van der Waals surface area contributed by atoms with E-state index in [1.807, 2.05) is 30.4 Å². The quantitative estimate of drug-likeness (QED) is 0.256. The van der Waals surface area contributed by atoms with Crippen molar-refractivity contribution < 1.29 is 13.5 Å². The summed E-state index contributed by atoms with van der Waals surface area (Å²) >= 11 is 0. The van der Waals surface area contributed by atoms with Crippen LogP contribution >= 0.6 is 24.0 Å². The molecule has 30 heavy (non-hydrogen) atoms. The van der Waals surface area contributed by atoms with Gasteiger partial charge in [-0.1, -0.05) is 0 Å². The topological polar surface area (TPSA) is 67.6 Å². The summed E-state index contributed by atoms with van der Waals surface area (Å²) in [6.45, 7) is 7.27. The molecular formula is C20H29F2IN6O. The molecule has 1 aliphatic rings. The normalized spacial score (nSPS) is 13.8. The van der Waals surface area contributed by atoms with Crippen LogP contribution in [0.5, 0.6) is 0 Å². The standard InChI is InChI=1S/C20H28F2N6O.HI/c1-4-29-9-5-7-23-20(24-12-19-26-25-14(2)27(19)3)28-8-6-17-15(13-28)10-16(21)11-18(17)22;/h10-11H,4-9,12-13H2,1-3H3,(H,23,24);1H. The molecule has 166 valence electrons. The van der Waals surface area contributed by atoms with Crippen LogP contribution in [0, 0.1) is 18.6 Å². The number of guanidine groups is 1. The van der Waals surface area contributed by atoms with Crippen LogP contribution in [0.15, 0.2) is 17.1 Å². The van der Waals surface area contributed by atoms with E-state index in [2.05, 4.69) is 15.5 Å². The first-order valence-electron chi connectivity index (χ1n) is 9.92. The Morgan fingerprint density at radius 3 is 2.80 bits per heavy atom. The van der Waals surface area contributed by atoms with Crippen molar-refractivity contribution in [2.75, 3.05) is 26.3 Å². The Kier molecular flexibility index (Phi) is 9.40. The molecule has 2 heterocycles. The number of benzene rings is 1. The van der Waals surface area contributed by atoms with Crippen LogP contribution in [0.1, 0.15) is 36.1 Å². The summed E-state index contributed by atoms with van der Waals surface area (Å²) in [5.74, 6) is 1.24. The van der Waals surface area contributed by atoms with E-state index >= 15 is 0 Å². The second-order valence-corrected chi connectivity index (χ2v) is 7.04. The Balaban J connectivity index is 0.00000320. The molecule has 0 bridgehead atoms. The lowest BCUT2D eigenvalue weighted by Crippen LogP contribution is -2.44. The Hall–Kier alpha value is -1.82. The maximum absolute atomic E-state index is 14.1. The molecule has 1 aromatic carbocycles. The maximum Gasteiger partial charge on any atom is 0.194 e. The zero-order valence-electron chi connectivity index (χ0n) is 17.6. The van der Waals surface area contributed by atoms with E-state index in [-0.39, 0.29) is 24.0 Å². The van der Waals surface area contributed by atoms with Gasteiger partial charge >= 0.3 is 0 Å². The molecule has 0 radical (unpaired) electrons. The van der Waals surface area contributed by atoms with Gasteiger partial charge in [-0.25, -0.2) is 13.8 Å². The van der Waals surface area contributed by atoms with Gasteiger partial charge in [0, 0.05) is 46.0 Å². The van der Waals surface area contributed by atoms with E-state index in [9.17, 15) is 8.78 Å². The molecule has 2 aromatic rings. The summed E-state index contributed by atoms with van der Waals surface area (Å²) in [5.41, 5.74) is 1.24. The number of halogens is 3. The van der Waals surface area contributed by atoms with Crippen molar-refractivity contribution in [1.82, 2.24) is 25.0 Å². The van der Waals surface area contributed by atoms with Crippen molar-refractivity contribution in [3.8, 4) is 0 Å². The average Bonchev–Trinajstić information content (AvgIpc) is 3.01. The Labute approximate surface area is 192 Å². The number of aryl methyl sites for hydroxylation is 1. The molecule has 0 spiro atoms. The van der Waals surface area contributed by atoms with Crippen molar-refractivity contribution in [3.63, 3.8) is 0 Å². The number of ether oxygens (including phenoxy) is 1. The predicted octanol–water partition coefficient (Wildman–Crippen LogP) is 2.95. The molecule has 1 N–H and O–H groups in total. The first kappa shape index (κ1) is 24.4. The van der Waals surface area contributed by atoms with E-state index in [0.717, 1.165) is 24.1 Å². The molecule has 0 fully saturated rings. The summed E-state index contributed by atoms with van der Waals surface area (Å²) in [7, 11) is 1.90. The Morgan fingerprint density at radius 1 is 1.30 bits per heavy atom. The molecule has 7 nitrogen and oxygen atoms in total. The van der Waals surface area contributed by atoms with Crippen molar-refractivity contribution in [3.05, 3.63) is 46.5 Å². The minimum Gasteiger partial charge on any atom is -0.382 e. The number of nitrogens with one attached hydrogen (secondary N) is 1. The van der Waals surface area contributed by atoms with Gasteiger partial charge in [0.05, 0.1) is 0 Å². The van der Waals surface area contributed by atoms with Crippen LogP contribution in [-0.2, 0) is 31.3 Å². The number of aliphatic imine (C=N–C) groups is 1. The molecule has 1 aromatic heterocycles. The second kappa shape index (κ2) is 11.5. The van der Waals surface area contributed by atoms with Gasteiger partial charge in [-0.2, -0.15) is 0 Å². The van der Waals surface area contributed by atoms with Gasteiger partial charge in [-0.3, -0.25) is 0 Å². The summed E-state index contributed by atoms with van der Waals surface area (Å²) in [5, 5.41) is 11.6. The fourth-order valence-electron chi connectivity index (χ4n) is 3.31. The summed E-state index contributed by atoms with van der Waals surface area (Å²) < 4.78 is 35.0. The predicted molar refractivity (Wildman–Crippen MR) is 122 cm³/mol. The summed E-state index contributed by atoms with van der Waals surface area (Å²) in [6, 6.07) is 2.36. The zero-order chi connectivity index (χ0) is 20.8. The van der Waals surface area contributed by atoms with E-state index in [1.54, 1.807) is 0 Å². The van der Waals surface area contributed by atoms with Crippen LogP contribution < -0.4 is 5.32 Å². The SMILES string of the molecule is CCOCCCNC(=NCc1nnc(C)n1C)N1CCc2c(F)cc(F)cc2C1.I. The van der Waals surface area contributed by atoms with Crippen molar-refractivity contribution >= 4 is 29.9 Å². The van der Waals surface area contributed by atoms with Gasteiger partial charge in [0.1, 0.15) is 24.0 Å². The zero-order valence-corrected chi connectivity index (χ0v) is 20.0. The Bertz CT molecular complexity index is 873. The van der Waals surface area contributed by atoms with E-state index in [4.69, 9.17) is 9.73 Å². The molecule has 0 saturated carbocycles. The average molecular weight is 534 g/mol. The fraction of sp³-hybridized carbons (Fsp3) is 0.550.